The summed E-state index contributed by atoms with van der Waals surface area (Å²) in [5.41, 5.74) is 2.19. The average molecular weight is 125 g/mol. The smallest absolute Gasteiger partial charge is 0.0825 e. The predicted octanol–water partition coefficient (Wildman–Crippen LogP) is 0.915. The molecule has 3 nitrogen and oxygen atoms in total. The van der Waals surface area contributed by atoms with Crippen LogP contribution in [0.25, 0.3) is 0 Å². The second-order valence-corrected chi connectivity index (χ2v) is 2.08. The van der Waals surface area contributed by atoms with E-state index in [1.165, 1.54) is 0 Å². The van der Waals surface area contributed by atoms with Crippen molar-refractivity contribution in [2.75, 3.05) is 0 Å². The van der Waals surface area contributed by atoms with Crippen molar-refractivity contribution in [3.8, 4) is 0 Å². The lowest BCUT2D eigenvalue weighted by Gasteiger charge is -1.94. The fourth-order valence-electron chi connectivity index (χ4n) is 0.748. The summed E-state index contributed by atoms with van der Waals surface area (Å²) in [4.78, 5) is 0. The van der Waals surface area contributed by atoms with Crippen LogP contribution >= 0.6 is 0 Å². The number of hydrogen-bond donors (Lipinski definition) is 0. The Morgan fingerprint density at radius 1 is 1.44 bits per heavy atom. The van der Waals surface area contributed by atoms with Gasteiger partial charge in [0.2, 0.25) is 0 Å². The summed E-state index contributed by atoms with van der Waals surface area (Å²) >= 11 is 0. The van der Waals surface area contributed by atoms with Crippen LogP contribution in [0.5, 0.6) is 0 Å². The first kappa shape index (κ1) is 6.26. The molecule has 1 rings (SSSR count). The number of aryl methyl sites for hydroxylation is 2. The van der Waals surface area contributed by atoms with E-state index in [9.17, 15) is 0 Å². The molecule has 0 N–H and O–H groups in total. The predicted molar refractivity (Wildman–Crippen MR) is 35.2 cm³/mol. The van der Waals surface area contributed by atoms with Crippen LogP contribution in [0.1, 0.15) is 18.3 Å². The third kappa shape index (κ3) is 0.943. The van der Waals surface area contributed by atoms with Gasteiger partial charge in [-0.3, -0.25) is 0 Å². The highest BCUT2D eigenvalue weighted by Gasteiger charge is 1.99. The van der Waals surface area contributed by atoms with Gasteiger partial charge in [0.05, 0.1) is 11.4 Å². The van der Waals surface area contributed by atoms with Crippen LogP contribution in [0.4, 0.5) is 0 Å². The van der Waals surface area contributed by atoms with Gasteiger partial charge in [0.1, 0.15) is 0 Å². The van der Waals surface area contributed by atoms with E-state index in [0.29, 0.717) is 0 Å². The zero-order valence-electron chi connectivity index (χ0n) is 6.05. The van der Waals surface area contributed by atoms with Crippen molar-refractivity contribution in [3.05, 3.63) is 11.4 Å². The molecule has 1 heterocycles. The molecule has 9 heavy (non-hydrogen) atoms. The molecule has 0 amide bonds. The third-order valence-corrected chi connectivity index (χ3v) is 1.51. The van der Waals surface area contributed by atoms with Crippen molar-refractivity contribution in [1.29, 1.82) is 0 Å². The highest BCUT2D eigenvalue weighted by atomic mass is 15.4. The Balaban J connectivity index is 3.04. The molecule has 0 radical (unpaired) electrons. The molecule has 0 aliphatic heterocycles. The average Bonchev–Trinajstić information content (AvgIpc) is 2.15. The zero-order chi connectivity index (χ0) is 6.85. The van der Waals surface area contributed by atoms with Crippen molar-refractivity contribution < 1.29 is 0 Å². The minimum absolute atomic E-state index is 0.909. The Hall–Kier alpha value is -0.860. The molecular formula is C6H11N3. The molecule has 0 saturated carbocycles. The number of rotatable bonds is 1. The van der Waals surface area contributed by atoms with E-state index in [1.807, 2.05) is 18.5 Å². The molecule has 1 aromatic heterocycles. The maximum atomic E-state index is 3.90. The summed E-state index contributed by atoms with van der Waals surface area (Å²) in [6.07, 6.45) is 0. The fraction of sp³-hybridized carbons (Fsp3) is 0.667. The molecule has 0 aromatic carbocycles. The molecule has 0 atom stereocenters. The molecule has 0 unspecified atom stereocenters. The van der Waals surface area contributed by atoms with Crippen LogP contribution in [0.15, 0.2) is 0 Å². The third-order valence-electron chi connectivity index (χ3n) is 1.51. The van der Waals surface area contributed by atoms with E-state index in [2.05, 4.69) is 17.2 Å². The fourth-order valence-corrected chi connectivity index (χ4v) is 0.748. The Morgan fingerprint density at radius 3 is 2.33 bits per heavy atom. The first-order valence-electron chi connectivity index (χ1n) is 3.12. The van der Waals surface area contributed by atoms with Crippen molar-refractivity contribution in [2.24, 2.45) is 0 Å². The molecule has 1 aromatic rings. The highest BCUT2D eigenvalue weighted by Crippen LogP contribution is 1.99. The minimum atomic E-state index is 0.909. The van der Waals surface area contributed by atoms with Crippen molar-refractivity contribution in [3.63, 3.8) is 0 Å². The summed E-state index contributed by atoms with van der Waals surface area (Å²) in [5, 5.41) is 7.80. The SMILES string of the molecule is CCn1nnc(C)c1C. The van der Waals surface area contributed by atoms with Crippen LogP contribution in [-0.2, 0) is 6.54 Å². The van der Waals surface area contributed by atoms with E-state index >= 15 is 0 Å². The lowest BCUT2D eigenvalue weighted by atomic mass is 10.4. The number of hydrogen-bond acceptors (Lipinski definition) is 2. The van der Waals surface area contributed by atoms with Crippen molar-refractivity contribution >= 4 is 0 Å². The summed E-state index contributed by atoms with van der Waals surface area (Å²) in [5.74, 6) is 0. The molecule has 0 fully saturated rings. The second kappa shape index (κ2) is 2.17. The molecule has 50 valence electrons. The Morgan fingerprint density at radius 2 is 2.11 bits per heavy atom. The molecule has 0 aliphatic carbocycles. The van der Waals surface area contributed by atoms with E-state index in [-0.39, 0.29) is 0 Å². The Bertz CT molecular complexity index is 202. The summed E-state index contributed by atoms with van der Waals surface area (Å²) in [6, 6.07) is 0. The van der Waals surface area contributed by atoms with E-state index in [0.717, 1.165) is 17.9 Å². The topological polar surface area (TPSA) is 30.7 Å². The zero-order valence-corrected chi connectivity index (χ0v) is 6.05. The number of nitrogens with zero attached hydrogens (tertiary/aromatic N) is 3. The highest BCUT2D eigenvalue weighted by molar-refractivity contribution is 5.04. The van der Waals surface area contributed by atoms with Crippen LogP contribution in [0.3, 0.4) is 0 Å². The normalized spacial score (nSPS) is 10.1. The van der Waals surface area contributed by atoms with Gasteiger partial charge in [0, 0.05) is 6.54 Å². The van der Waals surface area contributed by atoms with Gasteiger partial charge in [-0.15, -0.1) is 5.10 Å². The van der Waals surface area contributed by atoms with Crippen molar-refractivity contribution in [2.45, 2.75) is 27.3 Å². The van der Waals surface area contributed by atoms with Crippen molar-refractivity contribution in [1.82, 2.24) is 15.0 Å². The molecule has 0 saturated heterocycles. The van der Waals surface area contributed by atoms with E-state index < -0.39 is 0 Å². The van der Waals surface area contributed by atoms with Gasteiger partial charge in [-0.05, 0) is 20.8 Å². The summed E-state index contributed by atoms with van der Waals surface area (Å²) in [6.45, 7) is 6.96. The van der Waals surface area contributed by atoms with Gasteiger partial charge in [0.15, 0.2) is 0 Å². The largest absolute Gasteiger partial charge is 0.250 e. The maximum absolute atomic E-state index is 3.90. The molecular weight excluding hydrogens is 114 g/mol. The monoisotopic (exact) mass is 125 g/mol. The molecule has 0 spiro atoms. The van der Waals surface area contributed by atoms with E-state index in [4.69, 9.17) is 0 Å². The van der Waals surface area contributed by atoms with Gasteiger partial charge < -0.3 is 0 Å². The second-order valence-electron chi connectivity index (χ2n) is 2.08. The van der Waals surface area contributed by atoms with Gasteiger partial charge in [-0.25, -0.2) is 4.68 Å². The molecule has 0 aliphatic rings. The maximum Gasteiger partial charge on any atom is 0.0825 e. The van der Waals surface area contributed by atoms with E-state index in [1.54, 1.807) is 0 Å². The summed E-state index contributed by atoms with van der Waals surface area (Å²) in [7, 11) is 0. The van der Waals surface area contributed by atoms with Crippen LogP contribution in [0, 0.1) is 13.8 Å². The van der Waals surface area contributed by atoms with Gasteiger partial charge in [-0.2, -0.15) is 0 Å². The first-order chi connectivity index (χ1) is 4.25. The van der Waals surface area contributed by atoms with Crippen LogP contribution in [-0.4, -0.2) is 15.0 Å². The first-order valence-corrected chi connectivity index (χ1v) is 3.12. The summed E-state index contributed by atoms with van der Waals surface area (Å²) < 4.78 is 1.88. The molecule has 3 heteroatoms. The lowest BCUT2D eigenvalue weighted by molar-refractivity contribution is 0.611. The Labute approximate surface area is 54.7 Å². The molecule has 0 bridgehead atoms. The Kier molecular flexibility index (Phi) is 1.51. The van der Waals surface area contributed by atoms with Crippen LogP contribution in [0.2, 0.25) is 0 Å². The van der Waals surface area contributed by atoms with Gasteiger partial charge >= 0.3 is 0 Å². The van der Waals surface area contributed by atoms with Gasteiger partial charge in [0.25, 0.3) is 0 Å². The van der Waals surface area contributed by atoms with Crippen LogP contribution < -0.4 is 0 Å². The number of aromatic nitrogens is 3. The standard InChI is InChI=1S/C6H11N3/c1-4-9-6(3)5(2)7-8-9/h4H2,1-3H3. The quantitative estimate of drug-likeness (QED) is 0.558. The minimum Gasteiger partial charge on any atom is -0.250 e. The lowest BCUT2D eigenvalue weighted by Crippen LogP contribution is -1.98. The van der Waals surface area contributed by atoms with Gasteiger partial charge in [-0.1, -0.05) is 5.21 Å².